The molecule has 1 N–H and O–H groups in total. The minimum absolute atomic E-state index is 0.139. The van der Waals surface area contributed by atoms with Crippen molar-refractivity contribution in [2.24, 2.45) is 0 Å². The number of nitrogens with zero attached hydrogens (tertiary/aromatic N) is 2. The molecule has 2 heterocycles. The van der Waals surface area contributed by atoms with Crippen LogP contribution in [0.25, 0.3) is 0 Å². The lowest BCUT2D eigenvalue weighted by Crippen LogP contribution is -2.28. The first-order valence-electron chi connectivity index (χ1n) is 8.38. The van der Waals surface area contributed by atoms with Gasteiger partial charge in [-0.3, -0.25) is 4.79 Å². The van der Waals surface area contributed by atoms with Gasteiger partial charge in [0.25, 0.3) is 5.91 Å². The number of amides is 1. The van der Waals surface area contributed by atoms with E-state index in [1.54, 1.807) is 13.0 Å². The van der Waals surface area contributed by atoms with E-state index in [0.29, 0.717) is 23.8 Å². The fourth-order valence-electron chi connectivity index (χ4n) is 2.53. The quantitative estimate of drug-likeness (QED) is 0.565. The Bertz CT molecular complexity index is 986. The van der Waals surface area contributed by atoms with E-state index in [9.17, 15) is 9.59 Å². The maximum Gasteiger partial charge on any atom is 0.343 e. The van der Waals surface area contributed by atoms with Gasteiger partial charge in [0.15, 0.2) is 6.61 Å². The molecular formula is C19H17Cl2N3O3S. The molecule has 146 valence electrons. The molecule has 0 unspecified atom stereocenters. The molecule has 0 aliphatic rings. The maximum atomic E-state index is 12.4. The third kappa shape index (κ3) is 4.92. The van der Waals surface area contributed by atoms with Gasteiger partial charge in [-0.25, -0.2) is 9.48 Å². The van der Waals surface area contributed by atoms with E-state index in [4.69, 9.17) is 27.9 Å². The second-order valence-corrected chi connectivity index (χ2v) is 7.73. The van der Waals surface area contributed by atoms with E-state index in [2.05, 4.69) is 10.4 Å². The van der Waals surface area contributed by atoms with Gasteiger partial charge in [0.2, 0.25) is 0 Å². The monoisotopic (exact) mass is 437 g/mol. The highest BCUT2D eigenvalue weighted by Crippen LogP contribution is 2.24. The van der Waals surface area contributed by atoms with Crippen LogP contribution in [-0.2, 0) is 22.6 Å². The molecule has 0 bridgehead atoms. The minimum Gasteiger partial charge on any atom is -0.452 e. The summed E-state index contributed by atoms with van der Waals surface area (Å²) < 4.78 is 6.58. The predicted octanol–water partition coefficient (Wildman–Crippen LogP) is 4.08. The summed E-state index contributed by atoms with van der Waals surface area (Å²) in [7, 11) is 0. The molecule has 2 aromatic heterocycles. The van der Waals surface area contributed by atoms with E-state index < -0.39 is 12.6 Å². The summed E-state index contributed by atoms with van der Waals surface area (Å²) in [5.41, 5.74) is 1.38. The largest absolute Gasteiger partial charge is 0.452 e. The van der Waals surface area contributed by atoms with Gasteiger partial charge >= 0.3 is 5.97 Å². The number of ether oxygens (including phenoxy) is 1. The van der Waals surface area contributed by atoms with Crippen LogP contribution < -0.4 is 5.32 Å². The van der Waals surface area contributed by atoms with Crippen molar-refractivity contribution in [1.29, 1.82) is 0 Å². The maximum absolute atomic E-state index is 12.4. The molecule has 6 nitrogen and oxygen atoms in total. The first kappa shape index (κ1) is 20.4. The first-order valence-corrected chi connectivity index (χ1v) is 10.0. The van der Waals surface area contributed by atoms with E-state index >= 15 is 0 Å². The lowest BCUT2D eigenvalue weighted by Gasteiger charge is -2.07. The number of aromatic nitrogens is 2. The smallest absolute Gasteiger partial charge is 0.343 e. The molecule has 1 amide bonds. The summed E-state index contributed by atoms with van der Waals surface area (Å²) in [5.74, 6) is -1.09. The van der Waals surface area contributed by atoms with Crippen molar-refractivity contribution in [3.05, 3.63) is 73.7 Å². The summed E-state index contributed by atoms with van der Waals surface area (Å²) in [5, 5.41) is 9.63. The minimum atomic E-state index is -0.695. The molecule has 0 fully saturated rings. The van der Waals surface area contributed by atoms with Crippen LogP contribution in [0.2, 0.25) is 10.2 Å². The van der Waals surface area contributed by atoms with Gasteiger partial charge < -0.3 is 10.1 Å². The Labute approximate surface area is 176 Å². The van der Waals surface area contributed by atoms with Gasteiger partial charge in [0.05, 0.1) is 18.8 Å². The van der Waals surface area contributed by atoms with Crippen molar-refractivity contribution in [1.82, 2.24) is 15.1 Å². The number of esters is 1. The zero-order chi connectivity index (χ0) is 20.1. The average molecular weight is 438 g/mol. The zero-order valence-corrected chi connectivity index (χ0v) is 17.3. The summed E-state index contributed by atoms with van der Waals surface area (Å²) in [4.78, 5) is 25.3. The fourth-order valence-corrected chi connectivity index (χ4v) is 3.68. The molecule has 0 radical (unpaired) electrons. The van der Waals surface area contributed by atoms with Crippen LogP contribution in [-0.4, -0.2) is 28.3 Å². The number of carbonyl (C=O) groups excluding carboxylic acids is 2. The molecule has 3 rings (SSSR count). The standard InChI is InChI=1S/C19H17Cl2N3O3S/c1-12-17(18(21)24(23-12)10-13-5-2-3-7-15(13)20)19(26)27-11-16(25)22-9-14-6-4-8-28-14/h2-8H,9-11H2,1H3,(H,22,25). The van der Waals surface area contributed by atoms with Gasteiger partial charge in [0.1, 0.15) is 10.7 Å². The number of hydrogen-bond acceptors (Lipinski definition) is 5. The van der Waals surface area contributed by atoms with Gasteiger partial charge in [-0.1, -0.05) is 47.5 Å². The highest BCUT2D eigenvalue weighted by Gasteiger charge is 2.22. The van der Waals surface area contributed by atoms with Gasteiger partial charge in [-0.15, -0.1) is 11.3 Å². The molecule has 1 aromatic carbocycles. The number of rotatable bonds is 7. The van der Waals surface area contributed by atoms with Crippen molar-refractivity contribution in [2.45, 2.75) is 20.0 Å². The summed E-state index contributed by atoms with van der Waals surface area (Å²) >= 11 is 14.0. The van der Waals surface area contributed by atoms with Crippen LogP contribution in [0.3, 0.4) is 0 Å². The van der Waals surface area contributed by atoms with E-state index in [1.165, 1.54) is 16.0 Å². The van der Waals surface area contributed by atoms with Crippen LogP contribution >= 0.6 is 34.5 Å². The Balaban J connectivity index is 1.61. The van der Waals surface area contributed by atoms with Crippen LogP contribution in [0, 0.1) is 6.92 Å². The molecule has 28 heavy (non-hydrogen) atoms. The number of nitrogens with one attached hydrogen (secondary N) is 1. The van der Waals surface area contributed by atoms with Crippen molar-refractivity contribution in [3.8, 4) is 0 Å². The second-order valence-electron chi connectivity index (χ2n) is 5.93. The summed E-state index contributed by atoms with van der Waals surface area (Å²) in [6, 6.07) is 11.1. The third-order valence-corrected chi connectivity index (χ3v) is 5.55. The fraction of sp³-hybridized carbons (Fsp3) is 0.211. The van der Waals surface area contributed by atoms with Crippen LogP contribution in [0.5, 0.6) is 0 Å². The second kappa shape index (κ2) is 9.23. The lowest BCUT2D eigenvalue weighted by atomic mass is 10.2. The number of carbonyl (C=O) groups is 2. The van der Waals surface area contributed by atoms with E-state index in [0.717, 1.165) is 10.4 Å². The van der Waals surface area contributed by atoms with Crippen LogP contribution in [0.1, 0.15) is 26.5 Å². The van der Waals surface area contributed by atoms with E-state index in [-0.39, 0.29) is 16.6 Å². The molecular weight excluding hydrogens is 421 g/mol. The normalized spacial score (nSPS) is 10.7. The third-order valence-electron chi connectivity index (χ3n) is 3.92. The van der Waals surface area contributed by atoms with Crippen molar-refractivity contribution < 1.29 is 14.3 Å². The topological polar surface area (TPSA) is 73.2 Å². The Morgan fingerprint density at radius 1 is 1.21 bits per heavy atom. The molecule has 9 heteroatoms. The summed E-state index contributed by atoms with van der Waals surface area (Å²) in [6.45, 7) is 1.97. The number of hydrogen-bond donors (Lipinski definition) is 1. The highest BCUT2D eigenvalue weighted by atomic mass is 35.5. The molecule has 0 saturated carbocycles. The van der Waals surface area contributed by atoms with Crippen molar-refractivity contribution >= 4 is 46.4 Å². The Kier molecular flexibility index (Phi) is 6.72. The Morgan fingerprint density at radius 2 is 2.00 bits per heavy atom. The zero-order valence-electron chi connectivity index (χ0n) is 14.9. The summed E-state index contributed by atoms with van der Waals surface area (Å²) in [6.07, 6.45) is 0. The molecule has 0 aliphatic carbocycles. The molecule has 0 saturated heterocycles. The van der Waals surface area contributed by atoms with Gasteiger partial charge in [0, 0.05) is 9.90 Å². The Hall–Kier alpha value is -2.35. The van der Waals surface area contributed by atoms with Gasteiger partial charge in [-0.05, 0) is 30.0 Å². The van der Waals surface area contributed by atoms with Crippen LogP contribution in [0.15, 0.2) is 41.8 Å². The number of benzene rings is 1. The molecule has 0 aliphatic heterocycles. The molecule has 0 spiro atoms. The van der Waals surface area contributed by atoms with Gasteiger partial charge in [-0.2, -0.15) is 5.10 Å². The predicted molar refractivity (Wildman–Crippen MR) is 109 cm³/mol. The van der Waals surface area contributed by atoms with Crippen LogP contribution in [0.4, 0.5) is 0 Å². The first-order chi connectivity index (χ1) is 13.5. The lowest BCUT2D eigenvalue weighted by molar-refractivity contribution is -0.124. The number of thiophene rings is 1. The Morgan fingerprint density at radius 3 is 2.71 bits per heavy atom. The average Bonchev–Trinajstić information content (AvgIpc) is 3.28. The SMILES string of the molecule is Cc1nn(Cc2ccccc2Cl)c(Cl)c1C(=O)OCC(=O)NCc1cccs1. The van der Waals surface area contributed by atoms with Crippen molar-refractivity contribution in [3.63, 3.8) is 0 Å². The van der Waals surface area contributed by atoms with E-state index in [1.807, 2.05) is 35.7 Å². The number of halogens is 2. The molecule has 0 atom stereocenters. The highest BCUT2D eigenvalue weighted by molar-refractivity contribution is 7.09. The molecule has 3 aromatic rings. The van der Waals surface area contributed by atoms with Crippen molar-refractivity contribution in [2.75, 3.05) is 6.61 Å². The number of aryl methyl sites for hydroxylation is 1.